The molecule has 23 heteroatoms. The van der Waals surface area contributed by atoms with Gasteiger partial charge in [0.05, 0.1) is 56.4 Å². The Kier molecular flexibility index (Phi) is 29.9. The molecule has 10 atom stereocenters. The van der Waals surface area contributed by atoms with Crippen molar-refractivity contribution >= 4 is 53.2 Å². The quantitative estimate of drug-likeness (QED) is 0.0280. The highest BCUT2D eigenvalue weighted by Gasteiger charge is 2.37. The molecule has 8 amide bonds. The number of carbonyl (C=O) groups excluding carboxylic acids is 9. The second-order valence-corrected chi connectivity index (χ2v) is 21.2. The van der Waals surface area contributed by atoms with Crippen LogP contribution >= 0.6 is 0 Å². The van der Waals surface area contributed by atoms with Crippen LogP contribution in [0.25, 0.3) is 0 Å². The maximum absolute atomic E-state index is 13.8. The van der Waals surface area contributed by atoms with E-state index in [4.69, 9.17) is 4.74 Å². The van der Waals surface area contributed by atoms with E-state index in [1.807, 2.05) is 6.08 Å². The molecule has 0 aromatic heterocycles. The number of cyclic esters (lactones) is 1. The molecule has 0 unspecified atom stereocenters. The minimum absolute atomic E-state index is 0.00733. The van der Waals surface area contributed by atoms with Gasteiger partial charge < -0.3 is 72.4 Å². The van der Waals surface area contributed by atoms with Gasteiger partial charge in [-0.3, -0.25) is 38.4 Å². The molecule has 78 heavy (non-hydrogen) atoms. The SMILES string of the molecule is CCCCCC/C=C\CC(=O)N[C@H](C(=O)N[C@@H](CO)[C@@H](O)CC(=O)N[C@H](C(=O)N[C@@H](CO)[C@@H](O)CC(=O)N[C@H](C(=O)N[C@@H]1/C=C\C(=O)N[C@@H](C(C)C)C(=O)N(C)[C@@H](Cc2ccc(O)cc2)C(=O)OC1)C(C)C)C(C)C)C(C)C. The van der Waals surface area contributed by atoms with E-state index >= 15 is 0 Å². The van der Waals surface area contributed by atoms with Crippen molar-refractivity contribution in [1.29, 1.82) is 0 Å². The maximum atomic E-state index is 13.8. The number of benzene rings is 1. The van der Waals surface area contributed by atoms with Crippen LogP contribution in [0, 0.1) is 23.7 Å². The van der Waals surface area contributed by atoms with Crippen LogP contribution in [0.3, 0.4) is 0 Å². The molecular weight excluding hydrogens is 1010 g/mol. The molecule has 0 aliphatic carbocycles. The summed E-state index contributed by atoms with van der Waals surface area (Å²) in [5.74, 6) is -8.46. The summed E-state index contributed by atoms with van der Waals surface area (Å²) in [5.41, 5.74) is 0.591. The number of nitrogens with zero attached hydrogens (tertiary/aromatic N) is 1. The largest absolute Gasteiger partial charge is 0.508 e. The fourth-order valence-electron chi connectivity index (χ4n) is 8.25. The first-order valence-corrected chi connectivity index (χ1v) is 27.0. The molecule has 438 valence electrons. The number of aliphatic hydroxyl groups excluding tert-OH is 4. The Labute approximate surface area is 458 Å². The number of carbonyl (C=O) groups is 9. The van der Waals surface area contributed by atoms with Gasteiger partial charge in [0.1, 0.15) is 42.6 Å². The summed E-state index contributed by atoms with van der Waals surface area (Å²) in [4.78, 5) is 122. The zero-order chi connectivity index (χ0) is 58.8. The van der Waals surface area contributed by atoms with E-state index in [1.54, 1.807) is 73.6 Å². The van der Waals surface area contributed by atoms with Gasteiger partial charge in [0.25, 0.3) is 0 Å². The first-order valence-electron chi connectivity index (χ1n) is 27.0. The Morgan fingerprint density at radius 3 is 1.68 bits per heavy atom. The Morgan fingerprint density at radius 2 is 1.21 bits per heavy atom. The molecular formula is C55H88N8O15. The molecule has 1 aliphatic rings. The highest BCUT2D eigenvalue weighted by molar-refractivity contribution is 5.95. The fraction of sp³-hybridized carbons (Fsp3) is 0.655. The Bertz CT molecular complexity index is 2190. The second kappa shape index (κ2) is 34.5. The number of ether oxygens (including phenoxy) is 1. The molecule has 23 nitrogen and oxygen atoms in total. The van der Waals surface area contributed by atoms with Crippen LogP contribution < -0.4 is 37.2 Å². The number of phenolic OH excluding ortho intramolecular Hbond substituents is 1. The molecule has 2 rings (SSSR count). The first kappa shape index (κ1) is 67.7. The van der Waals surface area contributed by atoms with E-state index < -0.39 is 164 Å². The molecule has 1 aromatic rings. The predicted molar refractivity (Wildman–Crippen MR) is 289 cm³/mol. The monoisotopic (exact) mass is 1100 g/mol. The van der Waals surface area contributed by atoms with Crippen LogP contribution in [0.4, 0.5) is 0 Å². The average Bonchev–Trinajstić information content (AvgIpc) is 3.38. The minimum Gasteiger partial charge on any atom is -0.508 e. The van der Waals surface area contributed by atoms with Crippen molar-refractivity contribution in [2.24, 2.45) is 23.7 Å². The molecule has 0 fully saturated rings. The van der Waals surface area contributed by atoms with E-state index in [2.05, 4.69) is 44.1 Å². The summed E-state index contributed by atoms with van der Waals surface area (Å²) in [6.45, 7) is 13.3. The van der Waals surface area contributed by atoms with E-state index in [-0.39, 0.29) is 24.5 Å². The lowest BCUT2D eigenvalue weighted by atomic mass is 9.99. The van der Waals surface area contributed by atoms with Crippen molar-refractivity contribution in [2.75, 3.05) is 26.9 Å². The number of phenols is 1. The molecule has 0 saturated carbocycles. The van der Waals surface area contributed by atoms with Crippen LogP contribution in [-0.4, -0.2) is 171 Å². The summed E-state index contributed by atoms with van der Waals surface area (Å²) >= 11 is 0. The van der Waals surface area contributed by atoms with Crippen molar-refractivity contribution in [3.63, 3.8) is 0 Å². The number of likely N-dealkylation sites (N-methyl/N-ethyl adjacent to an activating group) is 1. The number of aromatic hydroxyl groups is 1. The maximum Gasteiger partial charge on any atom is 0.329 e. The molecule has 1 heterocycles. The van der Waals surface area contributed by atoms with Crippen LogP contribution in [0.2, 0.25) is 0 Å². The summed E-state index contributed by atoms with van der Waals surface area (Å²) < 4.78 is 5.64. The summed E-state index contributed by atoms with van der Waals surface area (Å²) in [7, 11) is 1.41. The molecule has 0 bridgehead atoms. The number of allylic oxidation sites excluding steroid dienone is 1. The highest BCUT2D eigenvalue weighted by atomic mass is 16.5. The summed E-state index contributed by atoms with van der Waals surface area (Å²) in [5, 5.41) is 70.2. The Hall–Kier alpha value is -6.43. The normalized spacial score (nSPS) is 19.5. The zero-order valence-corrected chi connectivity index (χ0v) is 47.0. The third-order valence-corrected chi connectivity index (χ3v) is 13.2. The predicted octanol–water partition coefficient (Wildman–Crippen LogP) is 0.296. The van der Waals surface area contributed by atoms with Crippen molar-refractivity contribution < 1.29 is 73.4 Å². The van der Waals surface area contributed by atoms with E-state index in [0.29, 0.717) is 5.56 Å². The summed E-state index contributed by atoms with van der Waals surface area (Å²) in [6, 6.07) is -3.73. The second-order valence-electron chi connectivity index (χ2n) is 21.2. The zero-order valence-electron chi connectivity index (χ0n) is 47.0. The molecule has 0 saturated heterocycles. The van der Waals surface area contributed by atoms with Crippen molar-refractivity contribution in [3.8, 4) is 5.75 Å². The third kappa shape index (κ3) is 23.3. The molecule has 1 aliphatic heterocycles. The van der Waals surface area contributed by atoms with Gasteiger partial charge in [-0.15, -0.1) is 0 Å². The number of amides is 8. The van der Waals surface area contributed by atoms with Crippen LogP contribution in [0.5, 0.6) is 5.75 Å². The van der Waals surface area contributed by atoms with Crippen LogP contribution in [-0.2, 0) is 54.3 Å². The van der Waals surface area contributed by atoms with E-state index in [1.165, 1.54) is 30.2 Å². The van der Waals surface area contributed by atoms with Gasteiger partial charge in [-0.1, -0.05) is 112 Å². The lowest BCUT2D eigenvalue weighted by Gasteiger charge is -2.32. The number of unbranched alkanes of at least 4 members (excludes halogenated alkanes) is 4. The van der Waals surface area contributed by atoms with E-state index in [0.717, 1.165) is 38.2 Å². The van der Waals surface area contributed by atoms with Crippen LogP contribution in [0.15, 0.2) is 48.6 Å². The Morgan fingerprint density at radius 1 is 0.705 bits per heavy atom. The molecule has 0 spiro atoms. The van der Waals surface area contributed by atoms with Gasteiger partial charge in [-0.2, -0.15) is 0 Å². The highest BCUT2D eigenvalue weighted by Crippen LogP contribution is 2.18. The number of hydrogen-bond acceptors (Lipinski definition) is 15. The molecule has 0 radical (unpaired) electrons. The number of esters is 1. The van der Waals surface area contributed by atoms with Gasteiger partial charge in [0, 0.05) is 26.0 Å². The van der Waals surface area contributed by atoms with Gasteiger partial charge >= 0.3 is 5.97 Å². The van der Waals surface area contributed by atoms with Gasteiger partial charge in [0.15, 0.2) is 0 Å². The first-order chi connectivity index (χ1) is 36.7. The van der Waals surface area contributed by atoms with Crippen molar-refractivity contribution in [1.82, 2.24) is 42.1 Å². The van der Waals surface area contributed by atoms with Gasteiger partial charge in [-0.25, -0.2) is 4.79 Å². The third-order valence-electron chi connectivity index (χ3n) is 13.2. The van der Waals surface area contributed by atoms with Crippen molar-refractivity contribution in [3.05, 3.63) is 54.1 Å². The number of aliphatic hydroxyl groups is 4. The van der Waals surface area contributed by atoms with Gasteiger partial charge in [-0.05, 0) is 54.2 Å². The molecule has 12 N–H and O–H groups in total. The lowest BCUT2D eigenvalue weighted by Crippen LogP contribution is -2.58. The standard InChI is InChI=1S/C55H88N8O15/c1-11-12-13-14-15-16-17-18-43(69)59-48(32(4)5)52(74)57-38(28-64)42(68)27-46(72)62-49(33(6)7)53(75)58-39(29-65)41(67)26-45(71)61-47(31(2)3)51(73)56-36-21-24-44(70)60-50(34(8)9)54(76)63(10)40(55(77)78-30-36)25-35-19-22-37(66)23-20-35/h16-17,19-24,31-34,36,38-42,47-50,64-68H,11-15,18,25-30H2,1-10H3,(H,56,73)(H,57,74)(H,58,75)(H,59,69)(H,60,70)(H,61,71)(H,62,72)/b17-16-,24-21-/t36-,38+,39+,40+,41+,42+,47+,48+,49+,50+/m1/s1. The summed E-state index contributed by atoms with van der Waals surface area (Å²) in [6.07, 6.45) is 6.45. The number of rotatable bonds is 30. The molecule has 1 aromatic carbocycles. The van der Waals surface area contributed by atoms with Crippen molar-refractivity contribution in [2.45, 2.75) is 181 Å². The fourth-order valence-corrected chi connectivity index (χ4v) is 8.25. The lowest BCUT2D eigenvalue weighted by molar-refractivity contribution is -0.156. The van der Waals surface area contributed by atoms with E-state index in [9.17, 15) is 68.7 Å². The topological polar surface area (TPSA) is 351 Å². The number of nitrogens with one attached hydrogen (secondary N) is 7. The average molecular weight is 1100 g/mol. The van der Waals surface area contributed by atoms with Gasteiger partial charge in [0.2, 0.25) is 47.3 Å². The number of hydrogen-bond donors (Lipinski definition) is 12. The smallest absolute Gasteiger partial charge is 0.329 e. The Balaban J connectivity index is 2.11. The van der Waals surface area contributed by atoms with Crippen LogP contribution in [0.1, 0.15) is 119 Å². The minimum atomic E-state index is -1.73.